The predicted octanol–water partition coefficient (Wildman–Crippen LogP) is 7.19. The average Bonchev–Trinajstić information content (AvgIpc) is 2.78. The first-order valence-corrected chi connectivity index (χ1v) is 12.1. The van der Waals surface area contributed by atoms with E-state index in [-0.39, 0.29) is 17.5 Å². The van der Waals surface area contributed by atoms with E-state index in [4.69, 9.17) is 14.6 Å². The molecule has 0 saturated heterocycles. The Morgan fingerprint density at radius 3 is 1.45 bits per heavy atom. The fraction of sp³-hybridized carbons (Fsp3) is 0.667. The lowest BCUT2D eigenvalue weighted by Crippen LogP contribution is -2.05. The number of hydrogen-bond donors (Lipinski definition) is 1. The molecule has 0 aromatic rings. The van der Waals surface area contributed by atoms with E-state index >= 15 is 0 Å². The summed E-state index contributed by atoms with van der Waals surface area (Å²) in [4.78, 5) is 31.0. The summed E-state index contributed by atoms with van der Waals surface area (Å²) >= 11 is 0. The molecule has 0 aliphatic carbocycles. The first-order chi connectivity index (χ1) is 15.6. The average molecular weight is 469 g/mol. The van der Waals surface area contributed by atoms with Crippen LogP contribution in [0.25, 0.3) is 0 Å². The molecule has 0 radical (unpaired) electrons. The fourth-order valence-electron chi connectivity index (χ4n) is 2.25. The smallest absolute Gasteiger partial charge is 0.333 e. The molecule has 0 aromatic carbocycles. The third-order valence-corrected chi connectivity index (χ3v) is 4.35. The number of aliphatic carboxylic acids is 1. The van der Waals surface area contributed by atoms with E-state index < -0.39 is 5.97 Å². The summed E-state index contributed by atoms with van der Waals surface area (Å²) in [7, 11) is 0. The Hall–Kier alpha value is -2.37. The molecule has 0 saturated carbocycles. The van der Waals surface area contributed by atoms with Crippen molar-refractivity contribution in [2.24, 2.45) is 0 Å². The lowest BCUT2D eigenvalue weighted by atomic mass is 10.1. The molecule has 0 spiro atoms. The summed E-state index contributed by atoms with van der Waals surface area (Å²) in [6.07, 6.45) is 16.2. The molecule has 6 heteroatoms. The van der Waals surface area contributed by atoms with Crippen LogP contribution < -0.4 is 0 Å². The molecule has 0 aliphatic heterocycles. The monoisotopic (exact) mass is 468 g/mol. The largest absolute Gasteiger partial charge is 0.478 e. The molecule has 1 N–H and O–H groups in total. The summed E-state index contributed by atoms with van der Waals surface area (Å²) in [6, 6.07) is 0. The molecule has 0 bridgehead atoms. The SMILES string of the molecule is C=C(C)C(=O)O.C=C(C)C(=O)OCCCC.C=CC(=O)OCCCCCCCCCCCC. The number of unbranched alkanes of at least 4 members (excludes halogenated alkanes) is 10. The zero-order valence-electron chi connectivity index (χ0n) is 21.6. The van der Waals surface area contributed by atoms with Crippen molar-refractivity contribution in [3.8, 4) is 0 Å². The highest BCUT2D eigenvalue weighted by Crippen LogP contribution is 2.10. The van der Waals surface area contributed by atoms with Crippen molar-refractivity contribution in [2.45, 2.75) is 105 Å². The highest BCUT2D eigenvalue weighted by atomic mass is 16.5. The standard InChI is InChI=1S/C15H28O2.C8H14O2.C4H6O2/c1-3-5-6-7-8-9-10-11-12-13-14-17-15(16)4-2;1-4-5-6-10-8(9)7(2)3;1-3(2)4(5)6/h4H,2-3,5-14H2,1H3;2,4-6H2,1,3H3;1H2,2H3,(H,5,6). The number of hydrogen-bond acceptors (Lipinski definition) is 5. The number of carbonyl (C=O) groups is 3. The van der Waals surface area contributed by atoms with E-state index in [9.17, 15) is 14.4 Å². The van der Waals surface area contributed by atoms with E-state index in [0.717, 1.165) is 19.3 Å². The van der Waals surface area contributed by atoms with Crippen molar-refractivity contribution >= 4 is 17.9 Å². The van der Waals surface area contributed by atoms with Crippen molar-refractivity contribution in [3.63, 3.8) is 0 Å². The van der Waals surface area contributed by atoms with Crippen LogP contribution in [0.15, 0.2) is 37.0 Å². The number of esters is 2. The second-order valence-electron chi connectivity index (χ2n) is 7.91. The summed E-state index contributed by atoms with van der Waals surface area (Å²) in [5, 5.41) is 7.89. The van der Waals surface area contributed by atoms with Crippen LogP contribution >= 0.6 is 0 Å². The molecule has 0 atom stereocenters. The van der Waals surface area contributed by atoms with Crippen LogP contribution in [0.2, 0.25) is 0 Å². The molecule has 192 valence electrons. The van der Waals surface area contributed by atoms with Gasteiger partial charge in [-0.1, -0.05) is 97.8 Å². The number of carbonyl (C=O) groups excluding carboxylic acids is 2. The number of ether oxygens (including phenoxy) is 2. The highest BCUT2D eigenvalue weighted by Gasteiger charge is 2.00. The highest BCUT2D eigenvalue weighted by molar-refractivity contribution is 5.86. The first kappa shape index (κ1) is 35.2. The molecule has 0 aliphatic rings. The van der Waals surface area contributed by atoms with E-state index in [1.54, 1.807) is 6.92 Å². The Morgan fingerprint density at radius 1 is 0.697 bits per heavy atom. The molecule has 0 fully saturated rings. The predicted molar refractivity (Wildman–Crippen MR) is 136 cm³/mol. The van der Waals surface area contributed by atoms with E-state index in [2.05, 4.69) is 33.6 Å². The van der Waals surface area contributed by atoms with Crippen molar-refractivity contribution < 1.29 is 29.0 Å². The van der Waals surface area contributed by atoms with Gasteiger partial charge in [0, 0.05) is 17.2 Å². The maximum atomic E-state index is 10.7. The third-order valence-electron chi connectivity index (χ3n) is 4.35. The van der Waals surface area contributed by atoms with Crippen molar-refractivity contribution in [3.05, 3.63) is 37.0 Å². The van der Waals surface area contributed by atoms with Gasteiger partial charge in [-0.2, -0.15) is 0 Å². The second kappa shape index (κ2) is 27.7. The molecule has 6 nitrogen and oxygen atoms in total. The molecular formula is C27H48O6. The van der Waals surface area contributed by atoms with Gasteiger partial charge >= 0.3 is 17.9 Å². The summed E-state index contributed by atoms with van der Waals surface area (Å²) in [5.74, 6) is -1.52. The normalized spacial score (nSPS) is 9.33. The van der Waals surface area contributed by atoms with E-state index in [0.29, 0.717) is 18.8 Å². The maximum Gasteiger partial charge on any atom is 0.333 e. The zero-order chi connectivity index (χ0) is 25.9. The minimum Gasteiger partial charge on any atom is -0.478 e. The van der Waals surface area contributed by atoms with Gasteiger partial charge in [0.25, 0.3) is 0 Å². The molecule has 0 amide bonds. The third kappa shape index (κ3) is 34.4. The van der Waals surface area contributed by atoms with Crippen molar-refractivity contribution in [1.82, 2.24) is 0 Å². The zero-order valence-corrected chi connectivity index (χ0v) is 21.6. The first-order valence-electron chi connectivity index (χ1n) is 12.1. The lowest BCUT2D eigenvalue weighted by molar-refractivity contribution is -0.139. The number of carboxylic acid groups (broad SMARTS) is 1. The van der Waals surface area contributed by atoms with Gasteiger partial charge in [0.15, 0.2) is 0 Å². The van der Waals surface area contributed by atoms with E-state index in [1.165, 1.54) is 70.8 Å². The van der Waals surface area contributed by atoms with Crippen LogP contribution in [0.1, 0.15) is 105 Å². The number of carboxylic acids is 1. The Balaban J connectivity index is -0.000000473. The van der Waals surface area contributed by atoms with Crippen molar-refractivity contribution in [2.75, 3.05) is 13.2 Å². The Kier molecular flexibility index (Phi) is 29.5. The minimum absolute atomic E-state index is 0.176. The molecule has 0 unspecified atom stereocenters. The molecule has 0 rings (SSSR count). The maximum absolute atomic E-state index is 10.7. The second-order valence-corrected chi connectivity index (χ2v) is 7.91. The molecular weight excluding hydrogens is 420 g/mol. The lowest BCUT2D eigenvalue weighted by Gasteiger charge is -2.03. The molecule has 0 aromatic heterocycles. The molecule has 33 heavy (non-hydrogen) atoms. The van der Waals surface area contributed by atoms with Crippen LogP contribution in [-0.4, -0.2) is 36.2 Å². The quantitative estimate of drug-likeness (QED) is 0.138. The van der Waals surface area contributed by atoms with Gasteiger partial charge in [-0.3, -0.25) is 0 Å². The van der Waals surface area contributed by atoms with Gasteiger partial charge in [-0.25, -0.2) is 14.4 Å². The van der Waals surface area contributed by atoms with E-state index in [1.807, 2.05) is 0 Å². The Labute approximate surface area is 202 Å². The summed E-state index contributed by atoms with van der Waals surface area (Å²) in [6.45, 7) is 18.4. The van der Waals surface area contributed by atoms with Gasteiger partial charge in [-0.05, 0) is 26.7 Å². The number of rotatable bonds is 17. The van der Waals surface area contributed by atoms with Gasteiger partial charge in [0.05, 0.1) is 13.2 Å². The fourth-order valence-corrected chi connectivity index (χ4v) is 2.25. The topological polar surface area (TPSA) is 89.9 Å². The van der Waals surface area contributed by atoms with Crippen molar-refractivity contribution in [1.29, 1.82) is 0 Å². The van der Waals surface area contributed by atoms with Crippen LogP contribution in [0.3, 0.4) is 0 Å². The summed E-state index contributed by atoms with van der Waals surface area (Å²) < 4.78 is 9.71. The van der Waals surface area contributed by atoms with Crippen LogP contribution in [0.5, 0.6) is 0 Å². The minimum atomic E-state index is -0.935. The van der Waals surface area contributed by atoms with Gasteiger partial charge in [0.2, 0.25) is 0 Å². The van der Waals surface area contributed by atoms with Gasteiger partial charge in [-0.15, -0.1) is 0 Å². The Morgan fingerprint density at radius 2 is 1.09 bits per heavy atom. The molecule has 0 heterocycles. The summed E-state index contributed by atoms with van der Waals surface area (Å²) in [5.41, 5.74) is 0.645. The van der Waals surface area contributed by atoms with Gasteiger partial charge < -0.3 is 14.6 Å². The van der Waals surface area contributed by atoms with Crippen LogP contribution in [-0.2, 0) is 23.9 Å². The van der Waals surface area contributed by atoms with Gasteiger partial charge in [0.1, 0.15) is 0 Å². The van der Waals surface area contributed by atoms with Crippen LogP contribution in [0, 0.1) is 0 Å². The van der Waals surface area contributed by atoms with Crippen LogP contribution in [0.4, 0.5) is 0 Å². The Bertz CT molecular complexity index is 539.